The van der Waals surface area contributed by atoms with Gasteiger partial charge in [0.05, 0.1) is 17.0 Å². The minimum atomic E-state index is -3.81. The molecule has 3 rings (SSSR count). The largest absolute Gasteiger partial charge is 0.465 e. The zero-order valence-electron chi connectivity index (χ0n) is 15.8. The summed E-state index contributed by atoms with van der Waals surface area (Å²) in [5.41, 5.74) is 0.783. The first-order chi connectivity index (χ1) is 12.7. The van der Waals surface area contributed by atoms with Gasteiger partial charge >= 0.3 is 5.76 Å². The van der Waals surface area contributed by atoms with Crippen molar-refractivity contribution in [3.8, 4) is 0 Å². The Hall–Kier alpha value is -2.36. The second kappa shape index (κ2) is 7.34. The lowest BCUT2D eigenvalue weighted by Gasteiger charge is -2.23. The molecule has 0 N–H and O–H groups in total. The van der Waals surface area contributed by atoms with E-state index in [0.29, 0.717) is 24.4 Å². The fourth-order valence-electron chi connectivity index (χ4n) is 2.76. The van der Waals surface area contributed by atoms with Crippen LogP contribution in [0.25, 0.3) is 11.1 Å². The molecule has 1 aromatic carbocycles. The third-order valence-corrected chi connectivity index (χ3v) is 6.17. The molecular weight excluding hydrogens is 370 g/mol. The fraction of sp³-hybridized carbons (Fsp3) is 0.389. The standard InChI is InChI=1S/C18H23N3O5S/c1-13-5-6-14(25-13)12-21(10-9-19(2)3)27(23,24)15-7-8-16-17(11-15)26-18(22)20(16)4/h5-8,11H,9-10,12H2,1-4H3. The molecule has 0 fully saturated rings. The van der Waals surface area contributed by atoms with Crippen LogP contribution in [0, 0.1) is 6.92 Å². The van der Waals surface area contributed by atoms with Crippen molar-refractivity contribution >= 4 is 21.1 Å². The van der Waals surface area contributed by atoms with Crippen LogP contribution in [-0.4, -0.2) is 49.4 Å². The predicted molar refractivity (Wildman–Crippen MR) is 101 cm³/mol. The summed E-state index contributed by atoms with van der Waals surface area (Å²) in [5, 5.41) is 0. The first-order valence-electron chi connectivity index (χ1n) is 8.48. The summed E-state index contributed by atoms with van der Waals surface area (Å²) < 4.78 is 39.9. The molecule has 146 valence electrons. The van der Waals surface area contributed by atoms with Crippen LogP contribution in [0.15, 0.2) is 48.9 Å². The number of fused-ring (bicyclic) bond motifs is 1. The molecule has 0 radical (unpaired) electrons. The van der Waals surface area contributed by atoms with Gasteiger partial charge in [-0.05, 0) is 45.3 Å². The van der Waals surface area contributed by atoms with E-state index in [4.69, 9.17) is 8.83 Å². The SMILES string of the molecule is Cc1ccc(CN(CCN(C)C)S(=O)(=O)c2ccc3c(c2)oc(=O)n3C)o1. The van der Waals surface area contributed by atoms with E-state index in [1.807, 2.05) is 25.9 Å². The number of hydrogen-bond donors (Lipinski definition) is 0. The zero-order chi connectivity index (χ0) is 19.8. The van der Waals surface area contributed by atoms with Gasteiger partial charge in [-0.15, -0.1) is 0 Å². The molecule has 0 bridgehead atoms. The van der Waals surface area contributed by atoms with E-state index in [1.54, 1.807) is 25.2 Å². The Balaban J connectivity index is 1.98. The normalized spacial score (nSPS) is 12.5. The maximum absolute atomic E-state index is 13.2. The monoisotopic (exact) mass is 393 g/mol. The Morgan fingerprint density at radius 2 is 1.81 bits per heavy atom. The van der Waals surface area contributed by atoms with Crippen LogP contribution in [-0.2, 0) is 23.6 Å². The van der Waals surface area contributed by atoms with E-state index >= 15 is 0 Å². The van der Waals surface area contributed by atoms with Crippen LogP contribution in [0.3, 0.4) is 0 Å². The lowest BCUT2D eigenvalue weighted by atomic mass is 10.3. The molecule has 0 amide bonds. The number of oxazole rings is 1. The van der Waals surface area contributed by atoms with Gasteiger partial charge in [-0.3, -0.25) is 4.57 Å². The number of benzene rings is 1. The summed E-state index contributed by atoms with van der Waals surface area (Å²) in [5.74, 6) is 0.764. The average molecular weight is 393 g/mol. The van der Waals surface area contributed by atoms with E-state index in [1.165, 1.54) is 21.0 Å². The van der Waals surface area contributed by atoms with Crippen molar-refractivity contribution in [2.75, 3.05) is 27.2 Å². The van der Waals surface area contributed by atoms with E-state index in [2.05, 4.69) is 0 Å². The highest BCUT2D eigenvalue weighted by molar-refractivity contribution is 7.89. The van der Waals surface area contributed by atoms with E-state index in [-0.39, 0.29) is 17.0 Å². The van der Waals surface area contributed by atoms with Crippen LogP contribution in [0.4, 0.5) is 0 Å². The van der Waals surface area contributed by atoms with Gasteiger partial charge in [0, 0.05) is 26.2 Å². The van der Waals surface area contributed by atoms with Crippen LogP contribution >= 0.6 is 0 Å². The molecule has 0 saturated heterocycles. The smallest absolute Gasteiger partial charge is 0.419 e. The number of furan rings is 1. The number of nitrogens with zero attached hydrogens (tertiary/aromatic N) is 3. The molecule has 3 aromatic rings. The molecule has 0 aliphatic rings. The average Bonchev–Trinajstić information content (AvgIpc) is 3.14. The first kappa shape index (κ1) is 19.4. The van der Waals surface area contributed by atoms with Crippen molar-refractivity contribution in [2.45, 2.75) is 18.4 Å². The van der Waals surface area contributed by atoms with Gasteiger partial charge in [0.2, 0.25) is 10.0 Å². The van der Waals surface area contributed by atoms with Crippen molar-refractivity contribution < 1.29 is 17.3 Å². The molecule has 9 heteroatoms. The number of aromatic nitrogens is 1. The molecule has 0 unspecified atom stereocenters. The molecule has 0 atom stereocenters. The third-order valence-electron chi connectivity index (χ3n) is 4.33. The highest BCUT2D eigenvalue weighted by Gasteiger charge is 2.26. The molecule has 0 aliphatic carbocycles. The maximum atomic E-state index is 13.2. The molecule has 27 heavy (non-hydrogen) atoms. The summed E-state index contributed by atoms with van der Waals surface area (Å²) in [7, 11) is 1.53. The van der Waals surface area contributed by atoms with Crippen LogP contribution in [0.5, 0.6) is 0 Å². The van der Waals surface area contributed by atoms with E-state index in [0.717, 1.165) is 5.76 Å². The van der Waals surface area contributed by atoms with E-state index < -0.39 is 15.8 Å². The molecule has 2 aromatic heterocycles. The molecular formula is C18H23N3O5S. The first-order valence-corrected chi connectivity index (χ1v) is 9.92. The van der Waals surface area contributed by atoms with Gasteiger partial charge in [-0.25, -0.2) is 13.2 Å². The Kier molecular flexibility index (Phi) is 5.27. The number of sulfonamides is 1. The summed E-state index contributed by atoms with van der Waals surface area (Å²) in [4.78, 5) is 13.7. The second-order valence-corrected chi connectivity index (χ2v) is 8.65. The van der Waals surface area contributed by atoms with Gasteiger partial charge in [0.25, 0.3) is 0 Å². The molecule has 8 nitrogen and oxygen atoms in total. The summed E-state index contributed by atoms with van der Waals surface area (Å²) in [6.45, 7) is 2.79. The number of rotatable bonds is 7. The van der Waals surface area contributed by atoms with Crippen molar-refractivity contribution in [1.29, 1.82) is 0 Å². The molecule has 0 aliphatic heterocycles. The van der Waals surface area contributed by atoms with E-state index in [9.17, 15) is 13.2 Å². The molecule has 0 spiro atoms. The quantitative estimate of drug-likeness (QED) is 0.608. The van der Waals surface area contributed by atoms with Crippen LogP contribution in [0.1, 0.15) is 11.5 Å². The molecule has 0 saturated carbocycles. The van der Waals surface area contributed by atoms with Crippen molar-refractivity contribution in [1.82, 2.24) is 13.8 Å². The summed E-state index contributed by atoms with van der Waals surface area (Å²) in [6.07, 6.45) is 0. The summed E-state index contributed by atoms with van der Waals surface area (Å²) in [6, 6.07) is 8.03. The van der Waals surface area contributed by atoms with Gasteiger partial charge in [-0.2, -0.15) is 4.31 Å². The van der Waals surface area contributed by atoms with Gasteiger partial charge < -0.3 is 13.7 Å². The van der Waals surface area contributed by atoms with Crippen molar-refractivity contribution in [3.63, 3.8) is 0 Å². The van der Waals surface area contributed by atoms with Crippen molar-refractivity contribution in [3.05, 3.63) is 52.4 Å². The second-order valence-electron chi connectivity index (χ2n) is 6.71. The highest BCUT2D eigenvalue weighted by atomic mass is 32.2. The lowest BCUT2D eigenvalue weighted by molar-refractivity contribution is 0.310. The Bertz CT molecular complexity index is 1110. The molecule has 2 heterocycles. The third kappa shape index (κ3) is 4.00. The van der Waals surface area contributed by atoms with Crippen LogP contribution < -0.4 is 5.76 Å². The maximum Gasteiger partial charge on any atom is 0.419 e. The fourth-order valence-corrected chi connectivity index (χ4v) is 4.18. The zero-order valence-corrected chi connectivity index (χ0v) is 16.6. The van der Waals surface area contributed by atoms with Gasteiger partial charge in [0.1, 0.15) is 11.5 Å². The number of hydrogen-bond acceptors (Lipinski definition) is 6. The predicted octanol–water partition coefficient (Wildman–Crippen LogP) is 1.79. The topological polar surface area (TPSA) is 88.9 Å². The summed E-state index contributed by atoms with van der Waals surface area (Å²) >= 11 is 0. The van der Waals surface area contributed by atoms with Gasteiger partial charge in [0.15, 0.2) is 5.58 Å². The van der Waals surface area contributed by atoms with Gasteiger partial charge in [-0.1, -0.05) is 0 Å². The minimum absolute atomic E-state index is 0.0754. The highest BCUT2D eigenvalue weighted by Crippen LogP contribution is 2.23. The number of aryl methyl sites for hydroxylation is 2. The number of likely N-dealkylation sites (N-methyl/N-ethyl adjacent to an activating group) is 1. The Morgan fingerprint density at radius 3 is 2.44 bits per heavy atom. The Morgan fingerprint density at radius 1 is 1.07 bits per heavy atom. The Labute approximate surface area is 157 Å². The van der Waals surface area contributed by atoms with Crippen molar-refractivity contribution in [2.24, 2.45) is 7.05 Å². The minimum Gasteiger partial charge on any atom is -0.465 e. The van der Waals surface area contributed by atoms with Crippen LogP contribution in [0.2, 0.25) is 0 Å². The lowest BCUT2D eigenvalue weighted by Crippen LogP contribution is -2.36.